The summed E-state index contributed by atoms with van der Waals surface area (Å²) < 4.78 is 5.63. The van der Waals surface area contributed by atoms with Gasteiger partial charge in [-0.25, -0.2) is 0 Å². The summed E-state index contributed by atoms with van der Waals surface area (Å²) in [5.74, 6) is 0.511. The molecule has 4 nitrogen and oxygen atoms in total. The quantitative estimate of drug-likeness (QED) is 0.862. The summed E-state index contributed by atoms with van der Waals surface area (Å²) >= 11 is 0. The molecule has 0 bridgehead atoms. The molecule has 0 aliphatic heterocycles. The van der Waals surface area contributed by atoms with E-state index in [1.54, 1.807) is 24.3 Å². The first-order chi connectivity index (χ1) is 11.1. The van der Waals surface area contributed by atoms with Crippen LogP contribution in [0.15, 0.2) is 48.5 Å². The van der Waals surface area contributed by atoms with Gasteiger partial charge in [0, 0.05) is 11.6 Å². The van der Waals surface area contributed by atoms with E-state index in [1.165, 1.54) is 0 Å². The van der Waals surface area contributed by atoms with Gasteiger partial charge in [-0.05, 0) is 43.5 Å². The molecule has 1 aliphatic carbocycles. The Morgan fingerprint density at radius 3 is 2.70 bits per heavy atom. The molecule has 4 heteroatoms. The molecule has 3 rings (SSSR count). The Hall–Kier alpha value is -2.33. The Labute approximate surface area is 136 Å². The lowest BCUT2D eigenvalue weighted by Crippen LogP contribution is -2.25. The highest BCUT2D eigenvalue weighted by Crippen LogP contribution is 2.21. The van der Waals surface area contributed by atoms with Crippen molar-refractivity contribution < 1.29 is 14.6 Å². The molecule has 0 aromatic heterocycles. The Balaban J connectivity index is 1.59. The Morgan fingerprint density at radius 2 is 2.00 bits per heavy atom. The maximum absolute atomic E-state index is 12.0. The van der Waals surface area contributed by atoms with E-state index in [0.717, 1.165) is 24.0 Å². The van der Waals surface area contributed by atoms with Crippen molar-refractivity contribution in [3.8, 4) is 5.75 Å². The number of rotatable bonds is 6. The number of aryl methyl sites for hydroxylation is 1. The van der Waals surface area contributed by atoms with Crippen LogP contribution >= 0.6 is 0 Å². The fraction of sp³-hybridized carbons (Fsp3) is 0.316. The predicted octanol–water partition coefficient (Wildman–Crippen LogP) is 3.00. The maximum atomic E-state index is 12.0. The molecule has 1 atom stereocenters. The fourth-order valence-corrected chi connectivity index (χ4v) is 2.28. The van der Waals surface area contributed by atoms with Crippen molar-refractivity contribution in [3.05, 3.63) is 65.2 Å². The number of carbonyl (C=O) groups is 1. The summed E-state index contributed by atoms with van der Waals surface area (Å²) in [5.41, 5.74) is 2.55. The average Bonchev–Trinajstić information content (AvgIpc) is 3.37. The molecule has 0 radical (unpaired) electrons. The van der Waals surface area contributed by atoms with Gasteiger partial charge in [0.2, 0.25) is 0 Å². The van der Waals surface area contributed by atoms with Crippen LogP contribution in [0.1, 0.15) is 40.4 Å². The van der Waals surface area contributed by atoms with Crippen LogP contribution < -0.4 is 10.1 Å². The summed E-state index contributed by atoms with van der Waals surface area (Å²) in [7, 11) is 0. The lowest BCUT2D eigenvalue weighted by molar-refractivity contribution is 0.0949. The van der Waals surface area contributed by atoms with Crippen molar-refractivity contribution in [2.75, 3.05) is 6.61 Å². The van der Waals surface area contributed by atoms with E-state index in [4.69, 9.17) is 4.74 Å². The van der Waals surface area contributed by atoms with Crippen LogP contribution in [0.3, 0.4) is 0 Å². The molecule has 1 aliphatic rings. The number of nitrogens with one attached hydrogen (secondary N) is 1. The molecule has 0 heterocycles. The van der Waals surface area contributed by atoms with Crippen LogP contribution in [0, 0.1) is 6.92 Å². The van der Waals surface area contributed by atoms with E-state index < -0.39 is 6.10 Å². The van der Waals surface area contributed by atoms with Crippen molar-refractivity contribution in [1.29, 1.82) is 0 Å². The van der Waals surface area contributed by atoms with Gasteiger partial charge in [-0.2, -0.15) is 0 Å². The van der Waals surface area contributed by atoms with Gasteiger partial charge in [0.25, 0.3) is 5.91 Å². The molecule has 1 amide bonds. The van der Waals surface area contributed by atoms with Gasteiger partial charge in [-0.1, -0.05) is 35.9 Å². The van der Waals surface area contributed by atoms with E-state index in [-0.39, 0.29) is 12.5 Å². The van der Waals surface area contributed by atoms with Gasteiger partial charge in [0.05, 0.1) is 0 Å². The maximum Gasteiger partial charge on any atom is 0.251 e. The molecule has 2 N–H and O–H groups in total. The van der Waals surface area contributed by atoms with Gasteiger partial charge in [-0.15, -0.1) is 0 Å². The van der Waals surface area contributed by atoms with Crippen LogP contribution in [-0.2, 0) is 0 Å². The number of carbonyl (C=O) groups excluding carboxylic acids is 1. The number of benzene rings is 2. The molecule has 0 saturated heterocycles. The number of amides is 1. The van der Waals surface area contributed by atoms with Gasteiger partial charge in [0.15, 0.2) is 0 Å². The molecule has 1 saturated carbocycles. The number of aliphatic hydroxyl groups is 1. The second-order valence-corrected chi connectivity index (χ2v) is 6.01. The van der Waals surface area contributed by atoms with Crippen molar-refractivity contribution in [2.24, 2.45) is 0 Å². The van der Waals surface area contributed by atoms with Gasteiger partial charge in [0.1, 0.15) is 18.5 Å². The molecule has 2 aromatic carbocycles. The minimum Gasteiger partial charge on any atom is -0.491 e. The molecule has 1 fully saturated rings. The minimum atomic E-state index is -0.695. The van der Waals surface area contributed by atoms with E-state index in [9.17, 15) is 9.90 Å². The highest BCUT2D eigenvalue weighted by atomic mass is 16.5. The molecular formula is C19H21NO3. The van der Waals surface area contributed by atoms with E-state index in [2.05, 4.69) is 5.32 Å². The Morgan fingerprint density at radius 1 is 1.26 bits per heavy atom. The topological polar surface area (TPSA) is 58.6 Å². The van der Waals surface area contributed by atoms with E-state index >= 15 is 0 Å². The van der Waals surface area contributed by atoms with Crippen molar-refractivity contribution >= 4 is 5.91 Å². The first-order valence-electron chi connectivity index (χ1n) is 7.90. The highest BCUT2D eigenvalue weighted by Gasteiger charge is 2.23. The SMILES string of the molecule is Cc1ccc(C(O)COc2cccc(C(=O)NC3CC3)c2)cc1. The summed E-state index contributed by atoms with van der Waals surface area (Å²) in [6, 6.07) is 15.1. The second kappa shape index (κ2) is 6.84. The zero-order chi connectivity index (χ0) is 16.2. The smallest absolute Gasteiger partial charge is 0.251 e. The van der Waals surface area contributed by atoms with Gasteiger partial charge >= 0.3 is 0 Å². The standard InChI is InChI=1S/C19H21NO3/c1-13-5-7-14(8-6-13)18(21)12-23-17-4-2-3-15(11-17)19(22)20-16-9-10-16/h2-8,11,16,18,21H,9-10,12H2,1H3,(H,20,22). The molecule has 2 aromatic rings. The number of hydrogen-bond donors (Lipinski definition) is 2. The van der Waals surface area contributed by atoms with Gasteiger partial charge < -0.3 is 15.2 Å². The molecule has 0 spiro atoms. The summed E-state index contributed by atoms with van der Waals surface area (Å²) in [4.78, 5) is 12.0. The molecule has 23 heavy (non-hydrogen) atoms. The molecular weight excluding hydrogens is 290 g/mol. The third-order valence-electron chi connectivity index (χ3n) is 3.88. The van der Waals surface area contributed by atoms with Crippen molar-refractivity contribution in [1.82, 2.24) is 5.32 Å². The number of aliphatic hydroxyl groups excluding tert-OH is 1. The second-order valence-electron chi connectivity index (χ2n) is 6.01. The lowest BCUT2D eigenvalue weighted by Gasteiger charge is -2.13. The van der Waals surface area contributed by atoms with Crippen LogP contribution in [0.2, 0.25) is 0 Å². The minimum absolute atomic E-state index is 0.0722. The van der Waals surface area contributed by atoms with Crippen LogP contribution in [0.25, 0.3) is 0 Å². The summed E-state index contributed by atoms with van der Waals surface area (Å²) in [6.45, 7) is 2.15. The summed E-state index contributed by atoms with van der Waals surface area (Å²) in [5, 5.41) is 13.1. The normalized spacial score (nSPS) is 15.0. The third-order valence-corrected chi connectivity index (χ3v) is 3.88. The lowest BCUT2D eigenvalue weighted by atomic mass is 10.1. The largest absolute Gasteiger partial charge is 0.491 e. The first kappa shape index (κ1) is 15.6. The number of hydrogen-bond acceptors (Lipinski definition) is 3. The van der Waals surface area contributed by atoms with Crippen molar-refractivity contribution in [2.45, 2.75) is 31.9 Å². The van der Waals surface area contributed by atoms with E-state index in [1.807, 2.05) is 31.2 Å². The van der Waals surface area contributed by atoms with Crippen molar-refractivity contribution in [3.63, 3.8) is 0 Å². The monoisotopic (exact) mass is 311 g/mol. The Kier molecular flexibility index (Phi) is 4.63. The first-order valence-corrected chi connectivity index (χ1v) is 7.90. The fourth-order valence-electron chi connectivity index (χ4n) is 2.28. The molecule has 120 valence electrons. The zero-order valence-corrected chi connectivity index (χ0v) is 13.2. The zero-order valence-electron chi connectivity index (χ0n) is 13.2. The van der Waals surface area contributed by atoms with Gasteiger partial charge in [-0.3, -0.25) is 4.79 Å². The Bertz CT molecular complexity index is 677. The molecule has 1 unspecified atom stereocenters. The van der Waals surface area contributed by atoms with Crippen LogP contribution in [0.4, 0.5) is 0 Å². The van der Waals surface area contributed by atoms with Crippen LogP contribution in [-0.4, -0.2) is 23.7 Å². The average molecular weight is 311 g/mol. The van der Waals surface area contributed by atoms with Crippen LogP contribution in [0.5, 0.6) is 5.75 Å². The number of ether oxygens (including phenoxy) is 1. The third kappa shape index (κ3) is 4.33. The predicted molar refractivity (Wildman–Crippen MR) is 88.6 cm³/mol. The highest BCUT2D eigenvalue weighted by molar-refractivity contribution is 5.94. The summed E-state index contributed by atoms with van der Waals surface area (Å²) in [6.07, 6.45) is 1.43. The van der Waals surface area contributed by atoms with E-state index in [0.29, 0.717) is 17.4 Å².